The van der Waals surface area contributed by atoms with Crippen molar-refractivity contribution in [2.75, 3.05) is 48.3 Å². The minimum Gasteiger partial charge on any atom is -0.493 e. The number of aromatic carboxylic acids is 1. The zero-order chi connectivity index (χ0) is 77.5. The zero-order valence-corrected chi connectivity index (χ0v) is 68.1. The number of hydrogen-bond acceptors (Lipinski definition) is 15. The Labute approximate surface area is 654 Å². The summed E-state index contributed by atoms with van der Waals surface area (Å²) in [5.41, 5.74) is 16.7. The molecule has 0 aliphatic carbocycles. The number of aliphatic hydroxyl groups excluding tert-OH is 1. The lowest BCUT2D eigenvalue weighted by Gasteiger charge is -2.23. The van der Waals surface area contributed by atoms with Crippen molar-refractivity contribution < 1.29 is 76.8 Å². The second-order valence-corrected chi connectivity index (χ2v) is 29.7. The summed E-state index contributed by atoms with van der Waals surface area (Å²) < 4.78 is 66.2. The van der Waals surface area contributed by atoms with Crippen LogP contribution in [0.3, 0.4) is 0 Å². The number of benzene rings is 5. The predicted octanol–water partition coefficient (Wildman–Crippen LogP) is 17.2. The van der Waals surface area contributed by atoms with Crippen LogP contribution in [0, 0.1) is 0 Å². The number of carbonyl (C=O) groups excluding carboxylic acids is 3. The number of rotatable bonds is 22. The van der Waals surface area contributed by atoms with E-state index in [4.69, 9.17) is 47.4 Å². The molecule has 0 unspecified atom stereocenters. The Balaban J connectivity index is 0.000000146. The van der Waals surface area contributed by atoms with Crippen LogP contribution in [-0.4, -0.2) is 136 Å². The van der Waals surface area contributed by atoms with Gasteiger partial charge in [-0.05, 0) is 256 Å². The van der Waals surface area contributed by atoms with Crippen LogP contribution in [0.4, 0.5) is 0 Å². The Hall–Kier alpha value is -9.56. The van der Waals surface area contributed by atoms with Crippen molar-refractivity contribution in [3.05, 3.63) is 173 Å². The molecule has 14 rings (SSSR count). The molecular formula is C83H93Br3N6O16. The van der Waals surface area contributed by atoms with Gasteiger partial charge in [-0.25, -0.2) is 14.4 Å². The average Bonchev–Trinajstić information content (AvgIpc) is 1.60. The lowest BCUT2D eigenvalue weighted by molar-refractivity contribution is 0.0516. The first-order valence-electron chi connectivity index (χ1n) is 36.2. The van der Waals surface area contributed by atoms with Crippen molar-refractivity contribution in [1.29, 1.82) is 0 Å². The maximum atomic E-state index is 13.4. The molecule has 5 aromatic carbocycles. The predicted molar refractivity (Wildman–Crippen MR) is 426 cm³/mol. The number of H-pyrrole nitrogens is 1. The number of aromatic amines is 1. The number of amides is 1. The number of carboxylic acids is 1. The van der Waals surface area contributed by atoms with Crippen LogP contribution in [0.15, 0.2) is 123 Å². The number of ether oxygens (including phenoxy) is 10. The number of fused-ring (bicyclic) bond motifs is 13. The number of para-hydroxylation sites is 1. The summed E-state index contributed by atoms with van der Waals surface area (Å²) in [5.74, 6) is 3.91. The van der Waals surface area contributed by atoms with E-state index in [0.717, 1.165) is 151 Å². The van der Waals surface area contributed by atoms with E-state index in [-0.39, 0.29) is 54.4 Å². The largest absolute Gasteiger partial charge is 0.493 e. The van der Waals surface area contributed by atoms with Gasteiger partial charge >= 0.3 is 17.9 Å². The van der Waals surface area contributed by atoms with E-state index in [1.54, 1.807) is 41.4 Å². The van der Waals surface area contributed by atoms with E-state index >= 15 is 0 Å². The molecule has 10 aromatic rings. The van der Waals surface area contributed by atoms with Gasteiger partial charge in [0.25, 0.3) is 5.91 Å². The molecule has 108 heavy (non-hydrogen) atoms. The number of carboxylic acid groups (broad SMARTS) is 1. The molecule has 0 spiro atoms. The van der Waals surface area contributed by atoms with E-state index in [1.807, 2.05) is 170 Å². The van der Waals surface area contributed by atoms with Crippen LogP contribution in [-0.2, 0) is 67.8 Å². The van der Waals surface area contributed by atoms with E-state index in [0.29, 0.717) is 69.7 Å². The van der Waals surface area contributed by atoms with Gasteiger partial charge in [-0.3, -0.25) is 4.79 Å². The summed E-state index contributed by atoms with van der Waals surface area (Å²) in [6, 6.07) is 31.0. The number of aryl methyl sites for hydroxylation is 5. The number of aromatic nitrogens is 5. The van der Waals surface area contributed by atoms with Crippen molar-refractivity contribution in [3.8, 4) is 91.0 Å². The van der Waals surface area contributed by atoms with E-state index in [1.165, 1.54) is 11.1 Å². The number of nitrogens with zero attached hydrogens (tertiary/aromatic N) is 4. The van der Waals surface area contributed by atoms with Crippen LogP contribution >= 0.6 is 47.8 Å². The molecule has 25 heteroatoms. The van der Waals surface area contributed by atoms with Crippen molar-refractivity contribution >= 4 is 82.5 Å². The molecular weight excluding hydrogens is 1580 g/mol. The van der Waals surface area contributed by atoms with E-state index in [2.05, 4.69) is 71.8 Å². The second-order valence-electron chi connectivity index (χ2n) is 27.4. The third kappa shape index (κ3) is 17.1. The van der Waals surface area contributed by atoms with Gasteiger partial charge in [0.05, 0.1) is 132 Å². The molecule has 0 radical (unpaired) electrons. The smallest absolute Gasteiger partial charge is 0.340 e. The fourth-order valence-electron chi connectivity index (χ4n) is 14.0. The summed E-state index contributed by atoms with van der Waals surface area (Å²) in [5, 5.41) is 23.5. The summed E-state index contributed by atoms with van der Waals surface area (Å²) in [7, 11) is 6.57. The summed E-state index contributed by atoms with van der Waals surface area (Å²) in [4.78, 5) is 52.2. The number of methoxy groups -OCH3 is 4. The Bertz CT molecular complexity index is 4980. The standard InChI is InChI=1S/C28H30BrN3O4.C19H22BrNO4.C19H23NO4.C17H18BrNO4/c1-16(2)36-26-13-21-17(11-25(26)35-3)8-9-32-24(21)12-22(27(32)29)28(34)31-19(15-33)10-18-14-30-23-7-5-4-6-20(18)23;1-5-24-19(22)14-9-15-13-10-17(25-11(2)3)16(23-4)8-12(13)6-7-21(15)18(14)20;1-5-23-19(21)14-8-16-15-10-18(24-12(2)3)17(22-4)9-13(15)6-7-20(16)11-14;1-9(2)23-15-8-11-10(6-14(15)22-3)4-5-19-13(11)7-12(16(19)18)17(20)21/h4-7,11-14,16,19,30,33H,8-10,15H2,1-3H3,(H,31,34);8-11H,5-7H2,1-4H3;8-12H,5-7H2,1-4H3;6-9H,4-5H2,1-3H3,(H,20,21)/t19-;;;/m1.../s1. The third-order valence-corrected chi connectivity index (χ3v) is 21.3. The number of aliphatic hydroxyl groups is 1. The number of halogens is 3. The lowest BCUT2D eigenvalue weighted by atomic mass is 9.97. The van der Waals surface area contributed by atoms with Crippen molar-refractivity contribution in [1.82, 2.24) is 28.6 Å². The number of hydrogen-bond donors (Lipinski definition) is 4. The topological polar surface area (TPSA) is 249 Å². The van der Waals surface area contributed by atoms with Crippen molar-refractivity contribution in [2.45, 2.75) is 158 Å². The summed E-state index contributed by atoms with van der Waals surface area (Å²) in [6.07, 6.45) is 7.84. The molecule has 0 fully saturated rings. The lowest BCUT2D eigenvalue weighted by Crippen LogP contribution is -2.39. The highest BCUT2D eigenvalue weighted by atomic mass is 79.9. The Morgan fingerprint density at radius 3 is 1.30 bits per heavy atom. The molecule has 4 N–H and O–H groups in total. The molecule has 4 aliphatic rings. The molecule has 572 valence electrons. The van der Waals surface area contributed by atoms with Crippen LogP contribution in [0.2, 0.25) is 0 Å². The molecule has 0 bridgehead atoms. The fourth-order valence-corrected chi connectivity index (χ4v) is 15.9. The first-order valence-corrected chi connectivity index (χ1v) is 38.6. The first-order chi connectivity index (χ1) is 51.8. The number of carbonyl (C=O) groups is 4. The highest BCUT2D eigenvalue weighted by Crippen LogP contribution is 2.47. The molecule has 9 heterocycles. The van der Waals surface area contributed by atoms with Gasteiger partial charge in [-0.2, -0.15) is 0 Å². The fraction of sp³-hybridized carbons (Fsp3) is 0.373. The average molecular weight is 1670 g/mol. The monoisotopic (exact) mass is 1670 g/mol. The van der Waals surface area contributed by atoms with Gasteiger partial charge in [-0.1, -0.05) is 18.2 Å². The van der Waals surface area contributed by atoms with Gasteiger partial charge in [0.2, 0.25) is 0 Å². The van der Waals surface area contributed by atoms with E-state index in [9.17, 15) is 29.4 Å². The second kappa shape index (κ2) is 34.8. The molecule has 0 saturated heterocycles. The Kier molecular flexibility index (Phi) is 25.6. The van der Waals surface area contributed by atoms with E-state index < -0.39 is 12.0 Å². The SMILES string of the molecule is CCOC(=O)c1cc2n(c1)CCc1cc(OC)c(OC(C)C)cc1-2.CCOC(=O)c1cc2n(c1Br)CCc1cc(OC)c(OC(C)C)cc1-2.COc1cc2c(cc1OC(C)C)-c1cc(C(=O)N[C@@H](CO)Cc3c[nH]c4ccccc34)c(Br)n1CC2.COc1cc2c(cc1OC(C)C)-c1cc(C(=O)O)c(Br)n1CC2. The molecule has 0 saturated carbocycles. The number of nitrogens with one attached hydrogen (secondary N) is 2. The first kappa shape index (κ1) is 79.5. The molecule has 22 nitrogen and oxygen atoms in total. The van der Waals surface area contributed by atoms with Crippen LogP contribution in [0.5, 0.6) is 46.0 Å². The molecule has 4 aliphatic heterocycles. The minimum absolute atomic E-state index is 0.00737. The van der Waals surface area contributed by atoms with Gasteiger partial charge in [-0.15, -0.1) is 0 Å². The van der Waals surface area contributed by atoms with Gasteiger partial charge in [0, 0.05) is 77.4 Å². The number of esters is 2. The maximum absolute atomic E-state index is 13.4. The Morgan fingerprint density at radius 1 is 0.491 bits per heavy atom. The van der Waals surface area contributed by atoms with Crippen LogP contribution in [0.1, 0.15) is 138 Å². The third-order valence-electron chi connectivity index (χ3n) is 18.7. The molecule has 1 atom stereocenters. The molecule has 1 amide bonds. The van der Waals surface area contributed by atoms with Crippen molar-refractivity contribution in [3.63, 3.8) is 0 Å². The van der Waals surface area contributed by atoms with Gasteiger partial charge in [0.15, 0.2) is 46.0 Å². The minimum atomic E-state index is -0.938. The normalized spacial score (nSPS) is 12.9. The quantitative estimate of drug-likeness (QED) is 0.0461. The highest BCUT2D eigenvalue weighted by molar-refractivity contribution is 9.11. The highest BCUT2D eigenvalue weighted by Gasteiger charge is 2.32. The zero-order valence-electron chi connectivity index (χ0n) is 63.3. The van der Waals surface area contributed by atoms with Gasteiger partial charge in [0.1, 0.15) is 0 Å². The Morgan fingerprint density at radius 2 is 0.880 bits per heavy atom. The van der Waals surface area contributed by atoms with Gasteiger partial charge < -0.3 is 86.2 Å². The van der Waals surface area contributed by atoms with Crippen molar-refractivity contribution in [2.24, 2.45) is 0 Å². The van der Waals surface area contributed by atoms with Crippen LogP contribution in [0.25, 0.3) is 55.9 Å². The maximum Gasteiger partial charge on any atom is 0.340 e. The summed E-state index contributed by atoms with van der Waals surface area (Å²) in [6.45, 7) is 23.1. The van der Waals surface area contributed by atoms with Crippen LogP contribution < -0.4 is 43.2 Å². The summed E-state index contributed by atoms with van der Waals surface area (Å²) >= 11 is 10.6. The molecule has 5 aromatic heterocycles.